The molecule has 1 aromatic carbocycles. The first-order chi connectivity index (χ1) is 12.7. The van der Waals surface area contributed by atoms with E-state index in [1.54, 1.807) is 12.3 Å². The first-order valence-corrected chi connectivity index (χ1v) is 8.01. The minimum atomic E-state index is -0.648. The quantitative estimate of drug-likeness (QED) is 0.713. The summed E-state index contributed by atoms with van der Waals surface area (Å²) in [6, 6.07) is 8.66. The van der Waals surface area contributed by atoms with Crippen LogP contribution < -0.4 is 4.90 Å². The van der Waals surface area contributed by atoms with Crippen molar-refractivity contribution in [3.63, 3.8) is 0 Å². The number of nitrogens with zero attached hydrogens (tertiary/aromatic N) is 4. The van der Waals surface area contributed by atoms with E-state index in [9.17, 15) is 8.78 Å². The van der Waals surface area contributed by atoms with E-state index >= 15 is 0 Å². The zero-order chi connectivity index (χ0) is 17.9. The molecule has 0 unspecified atom stereocenters. The van der Waals surface area contributed by atoms with Crippen LogP contribution in [0.5, 0.6) is 0 Å². The molecule has 1 aliphatic rings. The molecule has 0 atom stereocenters. The molecule has 7 heteroatoms. The molecule has 0 saturated heterocycles. The number of furan rings is 1. The molecule has 0 saturated carbocycles. The van der Waals surface area contributed by atoms with Crippen molar-refractivity contribution in [2.75, 3.05) is 18.0 Å². The smallest absolute Gasteiger partial charge is 0.138 e. The summed E-state index contributed by atoms with van der Waals surface area (Å²) in [5.74, 6) is 0.768. The van der Waals surface area contributed by atoms with E-state index in [-0.39, 0.29) is 0 Å². The molecule has 3 heterocycles. The average molecular weight is 352 g/mol. The lowest BCUT2D eigenvalue weighted by molar-refractivity contribution is 0.557. The molecule has 3 aromatic rings. The molecule has 5 nitrogen and oxygen atoms in total. The first-order valence-electron chi connectivity index (χ1n) is 8.01. The van der Waals surface area contributed by atoms with Gasteiger partial charge >= 0.3 is 0 Å². The molecule has 1 aliphatic heterocycles. The Morgan fingerprint density at radius 2 is 1.88 bits per heavy atom. The fourth-order valence-corrected chi connectivity index (χ4v) is 2.74. The van der Waals surface area contributed by atoms with Crippen LogP contribution in [-0.4, -0.2) is 28.9 Å². The Balaban J connectivity index is 1.62. The maximum absolute atomic E-state index is 13.5. The normalized spacial score (nSPS) is 14.2. The molecule has 0 aliphatic carbocycles. The van der Waals surface area contributed by atoms with Crippen LogP contribution in [0.4, 0.5) is 14.6 Å². The molecule has 130 valence electrons. The van der Waals surface area contributed by atoms with Crippen LogP contribution in [0, 0.1) is 11.6 Å². The third kappa shape index (κ3) is 3.37. The van der Waals surface area contributed by atoms with E-state index < -0.39 is 11.6 Å². The fraction of sp³-hybridized carbons (Fsp3) is 0.105. The molecule has 0 fully saturated rings. The van der Waals surface area contributed by atoms with Crippen molar-refractivity contribution in [3.8, 4) is 11.3 Å². The van der Waals surface area contributed by atoms with Gasteiger partial charge in [0.05, 0.1) is 18.5 Å². The number of aliphatic imine (C=N–C) groups is 1. The molecule has 26 heavy (non-hydrogen) atoms. The zero-order valence-electron chi connectivity index (χ0n) is 13.6. The Bertz CT molecular complexity index is 963. The lowest BCUT2D eigenvalue weighted by atomic mass is 10.1. The van der Waals surface area contributed by atoms with Gasteiger partial charge in [-0.25, -0.2) is 18.7 Å². The highest BCUT2D eigenvalue weighted by molar-refractivity contribution is 6.08. The highest BCUT2D eigenvalue weighted by Crippen LogP contribution is 2.24. The van der Waals surface area contributed by atoms with Crippen LogP contribution in [0.15, 0.2) is 64.5 Å². The van der Waals surface area contributed by atoms with E-state index in [0.29, 0.717) is 30.2 Å². The van der Waals surface area contributed by atoms with Crippen LogP contribution in [0.25, 0.3) is 17.3 Å². The van der Waals surface area contributed by atoms with Crippen molar-refractivity contribution < 1.29 is 13.2 Å². The summed E-state index contributed by atoms with van der Waals surface area (Å²) in [6.45, 7) is 1.29. The summed E-state index contributed by atoms with van der Waals surface area (Å²) in [5.41, 5.74) is 0.796. The molecular formula is C19H14F2N4O. The summed E-state index contributed by atoms with van der Waals surface area (Å²) in [7, 11) is 0. The summed E-state index contributed by atoms with van der Waals surface area (Å²) in [4.78, 5) is 14.8. The van der Waals surface area contributed by atoms with Crippen LogP contribution in [-0.2, 0) is 0 Å². The summed E-state index contributed by atoms with van der Waals surface area (Å²) < 4.78 is 32.2. The number of benzene rings is 1. The maximum atomic E-state index is 13.5. The molecule has 0 N–H and O–H groups in total. The Morgan fingerprint density at radius 1 is 1.04 bits per heavy atom. The van der Waals surface area contributed by atoms with Crippen molar-refractivity contribution in [1.82, 2.24) is 9.97 Å². The van der Waals surface area contributed by atoms with Crippen LogP contribution in [0.3, 0.4) is 0 Å². The van der Waals surface area contributed by atoms with Gasteiger partial charge in [0.25, 0.3) is 0 Å². The van der Waals surface area contributed by atoms with Crippen molar-refractivity contribution >= 4 is 17.7 Å². The van der Waals surface area contributed by atoms with E-state index in [1.165, 1.54) is 18.5 Å². The predicted molar refractivity (Wildman–Crippen MR) is 94.8 cm³/mol. The molecule has 4 rings (SSSR count). The predicted octanol–water partition coefficient (Wildman–Crippen LogP) is 3.95. The number of halogens is 2. The topological polar surface area (TPSA) is 54.5 Å². The Kier molecular flexibility index (Phi) is 4.27. The van der Waals surface area contributed by atoms with Crippen LogP contribution in [0.2, 0.25) is 0 Å². The zero-order valence-corrected chi connectivity index (χ0v) is 13.6. The molecular weight excluding hydrogens is 338 g/mol. The molecule has 0 bridgehead atoms. The van der Waals surface area contributed by atoms with Gasteiger partial charge in [-0.1, -0.05) is 0 Å². The number of amidine groups is 1. The highest BCUT2D eigenvalue weighted by Gasteiger charge is 2.18. The number of anilines is 1. The standard InChI is InChI=1S/C19H14F2N4O/c20-14-8-13(9-15(21)10-14)17-11-19(24-12-23-17)25-6-5-22-18(25)4-3-16-2-1-7-26-16/h1-4,7-12H,5-6H2/b4-3+. The second-order valence-electron chi connectivity index (χ2n) is 5.66. The van der Waals surface area contributed by atoms with Crippen LogP contribution >= 0.6 is 0 Å². The minimum Gasteiger partial charge on any atom is -0.465 e. The van der Waals surface area contributed by atoms with E-state index in [0.717, 1.165) is 17.7 Å². The molecule has 0 radical (unpaired) electrons. The van der Waals surface area contributed by atoms with E-state index in [4.69, 9.17) is 4.42 Å². The molecule has 0 spiro atoms. The monoisotopic (exact) mass is 352 g/mol. The SMILES string of the molecule is Fc1cc(F)cc(-c2cc(N3CCN=C3/C=C/c3ccco3)ncn2)c1. The van der Waals surface area contributed by atoms with E-state index in [1.807, 2.05) is 29.2 Å². The van der Waals surface area contributed by atoms with Gasteiger partial charge in [0.15, 0.2) is 0 Å². The Hall–Kier alpha value is -3.35. The molecule has 2 aromatic heterocycles. The third-order valence-corrected chi connectivity index (χ3v) is 3.90. The number of hydrogen-bond donors (Lipinski definition) is 0. The van der Waals surface area contributed by atoms with Gasteiger partial charge in [-0.3, -0.25) is 4.99 Å². The first kappa shape index (κ1) is 16.1. The van der Waals surface area contributed by atoms with Crippen LogP contribution in [0.1, 0.15) is 5.76 Å². The third-order valence-electron chi connectivity index (χ3n) is 3.90. The highest BCUT2D eigenvalue weighted by atomic mass is 19.1. The number of hydrogen-bond acceptors (Lipinski definition) is 5. The fourth-order valence-electron chi connectivity index (χ4n) is 2.74. The van der Waals surface area contributed by atoms with Crippen molar-refractivity contribution in [2.24, 2.45) is 4.99 Å². The summed E-state index contributed by atoms with van der Waals surface area (Å²) >= 11 is 0. The lowest BCUT2D eigenvalue weighted by Crippen LogP contribution is -2.26. The number of aromatic nitrogens is 2. The van der Waals surface area contributed by atoms with Crippen molar-refractivity contribution in [3.05, 3.63) is 72.5 Å². The van der Waals surface area contributed by atoms with E-state index in [2.05, 4.69) is 15.0 Å². The Morgan fingerprint density at radius 3 is 2.65 bits per heavy atom. The minimum absolute atomic E-state index is 0.356. The van der Waals surface area contributed by atoms with Gasteiger partial charge < -0.3 is 9.32 Å². The van der Waals surface area contributed by atoms with Crippen molar-refractivity contribution in [1.29, 1.82) is 0 Å². The van der Waals surface area contributed by atoms with Gasteiger partial charge in [-0.05, 0) is 36.4 Å². The Labute approximate surface area is 148 Å². The van der Waals surface area contributed by atoms with Gasteiger partial charge in [-0.2, -0.15) is 0 Å². The van der Waals surface area contributed by atoms with Gasteiger partial charge in [-0.15, -0.1) is 0 Å². The van der Waals surface area contributed by atoms with Gasteiger partial charge in [0.1, 0.15) is 35.4 Å². The average Bonchev–Trinajstić information content (AvgIpc) is 3.31. The summed E-state index contributed by atoms with van der Waals surface area (Å²) in [5, 5.41) is 0. The molecule has 0 amide bonds. The second-order valence-corrected chi connectivity index (χ2v) is 5.66. The second kappa shape index (κ2) is 6.87. The van der Waals surface area contributed by atoms with Crippen molar-refractivity contribution in [2.45, 2.75) is 0 Å². The maximum Gasteiger partial charge on any atom is 0.138 e. The number of rotatable bonds is 4. The van der Waals surface area contributed by atoms with Gasteiger partial charge in [0, 0.05) is 24.2 Å². The summed E-state index contributed by atoms with van der Waals surface area (Å²) in [6.07, 6.45) is 6.64. The van der Waals surface area contributed by atoms with Gasteiger partial charge in [0.2, 0.25) is 0 Å². The largest absolute Gasteiger partial charge is 0.465 e. The lowest BCUT2D eigenvalue weighted by Gasteiger charge is -2.17.